The molecule has 0 bridgehead atoms. The first-order valence-corrected chi connectivity index (χ1v) is 20.3. The Balaban J connectivity index is 1.16. The second-order valence-electron chi connectivity index (χ2n) is 16.2. The van der Waals surface area contributed by atoms with Crippen LogP contribution in [-0.2, 0) is 10.8 Å². The van der Waals surface area contributed by atoms with Gasteiger partial charge in [0.15, 0.2) is 0 Å². The van der Waals surface area contributed by atoms with Gasteiger partial charge in [-0.05, 0) is 79.9 Å². The van der Waals surface area contributed by atoms with Crippen LogP contribution in [0.1, 0.15) is 44.5 Å². The molecule has 0 N–H and O–H groups in total. The number of hydrogen-bond donors (Lipinski definition) is 0. The predicted octanol–water partition coefficient (Wildman–Crippen LogP) is 13.6. The minimum atomic E-state index is -0.556. The number of aromatic nitrogens is 1. The average molecular weight is 736 g/mol. The highest BCUT2D eigenvalue weighted by atomic mass is 16.5. The molecular weight excluding hydrogens is 703 g/mol. The first kappa shape index (κ1) is 30.8. The highest BCUT2D eigenvalue weighted by Crippen LogP contribution is 2.66. The molecule has 0 saturated carbocycles. The fraction of sp³-hybridized carbons (Fsp3) is 0.0357. The number of ether oxygens (including phenoxy) is 1. The molecular formula is C56H33NO. The van der Waals surface area contributed by atoms with E-state index in [4.69, 9.17) is 4.74 Å². The summed E-state index contributed by atoms with van der Waals surface area (Å²) in [6.07, 6.45) is 0. The van der Waals surface area contributed by atoms with Gasteiger partial charge in [0.2, 0.25) is 0 Å². The van der Waals surface area contributed by atoms with Crippen LogP contribution in [0.2, 0.25) is 0 Å². The number of fused-ring (bicyclic) bond motifs is 23. The molecule has 2 heteroatoms. The number of rotatable bonds is 1. The van der Waals surface area contributed by atoms with Crippen molar-refractivity contribution >= 4 is 21.8 Å². The van der Waals surface area contributed by atoms with Crippen molar-refractivity contribution in [3.8, 4) is 50.6 Å². The van der Waals surface area contributed by atoms with Gasteiger partial charge in [0.25, 0.3) is 0 Å². The summed E-state index contributed by atoms with van der Waals surface area (Å²) in [5.41, 5.74) is 20.8. The van der Waals surface area contributed by atoms with Gasteiger partial charge in [0, 0.05) is 33.0 Å². The lowest BCUT2D eigenvalue weighted by molar-refractivity contribution is 0.436. The van der Waals surface area contributed by atoms with Crippen molar-refractivity contribution < 1.29 is 4.74 Å². The lowest BCUT2D eigenvalue weighted by atomic mass is 9.66. The van der Waals surface area contributed by atoms with Gasteiger partial charge < -0.3 is 9.30 Å². The maximum Gasteiger partial charge on any atom is 0.132 e. The van der Waals surface area contributed by atoms with Gasteiger partial charge in [-0.2, -0.15) is 0 Å². The van der Waals surface area contributed by atoms with Crippen LogP contribution in [0.15, 0.2) is 200 Å². The molecule has 58 heavy (non-hydrogen) atoms. The van der Waals surface area contributed by atoms with Crippen LogP contribution in [0.25, 0.3) is 60.9 Å². The van der Waals surface area contributed by atoms with Gasteiger partial charge >= 0.3 is 0 Å². The van der Waals surface area contributed by atoms with Crippen molar-refractivity contribution in [1.29, 1.82) is 0 Å². The van der Waals surface area contributed by atoms with Gasteiger partial charge in [0.05, 0.1) is 27.6 Å². The van der Waals surface area contributed by atoms with E-state index in [9.17, 15) is 0 Å². The molecule has 4 aliphatic rings. The molecule has 0 radical (unpaired) electrons. The fourth-order valence-corrected chi connectivity index (χ4v) is 12.0. The van der Waals surface area contributed by atoms with E-state index in [2.05, 4.69) is 205 Å². The largest absolute Gasteiger partial charge is 0.457 e. The molecule has 0 unspecified atom stereocenters. The maximum absolute atomic E-state index is 6.70. The first-order chi connectivity index (χ1) is 28.8. The predicted molar refractivity (Wildman–Crippen MR) is 234 cm³/mol. The molecule has 2 heterocycles. The molecule has 9 aromatic carbocycles. The normalized spacial score (nSPS) is 15.0. The van der Waals surface area contributed by atoms with Gasteiger partial charge in [0.1, 0.15) is 11.5 Å². The zero-order valence-electron chi connectivity index (χ0n) is 31.4. The van der Waals surface area contributed by atoms with E-state index in [0.29, 0.717) is 0 Å². The average Bonchev–Trinajstić information content (AvgIpc) is 3.98. The van der Waals surface area contributed by atoms with Crippen molar-refractivity contribution in [2.45, 2.75) is 10.8 Å². The maximum atomic E-state index is 6.70. The minimum absolute atomic E-state index is 0.429. The van der Waals surface area contributed by atoms with Crippen molar-refractivity contribution in [2.75, 3.05) is 0 Å². The number of para-hydroxylation sites is 3. The molecule has 0 amide bonds. The smallest absolute Gasteiger partial charge is 0.132 e. The van der Waals surface area contributed by atoms with E-state index in [1.54, 1.807) is 0 Å². The highest BCUT2D eigenvalue weighted by molar-refractivity contribution is 6.17. The summed E-state index contributed by atoms with van der Waals surface area (Å²) < 4.78 is 9.31. The SMILES string of the molecule is c1ccc2c(c1)Oc1ccccc1C21c2ccccc2-c2c1ccc1c3ccccc3n(-c3cccc4c3-c3ccccc3C43c4ccccc4-c4ccccc43)c21. The summed E-state index contributed by atoms with van der Waals surface area (Å²) in [6.45, 7) is 0. The molecule has 2 nitrogen and oxygen atoms in total. The molecule has 14 rings (SSSR count). The molecule has 2 spiro atoms. The monoisotopic (exact) mass is 735 g/mol. The summed E-state index contributed by atoms with van der Waals surface area (Å²) in [4.78, 5) is 0. The van der Waals surface area contributed by atoms with Crippen molar-refractivity contribution in [2.24, 2.45) is 0 Å². The first-order valence-electron chi connectivity index (χ1n) is 20.3. The highest BCUT2D eigenvalue weighted by Gasteiger charge is 2.54. The van der Waals surface area contributed by atoms with Gasteiger partial charge in [-0.1, -0.05) is 176 Å². The van der Waals surface area contributed by atoms with Crippen LogP contribution in [0, 0.1) is 0 Å². The fourth-order valence-electron chi connectivity index (χ4n) is 12.0. The van der Waals surface area contributed by atoms with E-state index in [1.807, 2.05) is 0 Å². The van der Waals surface area contributed by atoms with Gasteiger partial charge in [-0.3, -0.25) is 0 Å². The second-order valence-corrected chi connectivity index (χ2v) is 16.2. The summed E-state index contributed by atoms with van der Waals surface area (Å²) in [5.74, 6) is 1.81. The Morgan fingerprint density at radius 2 is 0.759 bits per heavy atom. The summed E-state index contributed by atoms with van der Waals surface area (Å²) in [6, 6.07) is 74.6. The summed E-state index contributed by atoms with van der Waals surface area (Å²) in [5, 5.41) is 2.51. The molecule has 0 saturated heterocycles. The van der Waals surface area contributed by atoms with Crippen molar-refractivity contribution in [1.82, 2.24) is 4.57 Å². The van der Waals surface area contributed by atoms with E-state index < -0.39 is 10.8 Å². The number of benzene rings is 9. The lowest BCUT2D eigenvalue weighted by Gasteiger charge is -2.39. The molecule has 0 fully saturated rings. The number of nitrogens with zero attached hydrogens (tertiary/aromatic N) is 1. The zero-order valence-corrected chi connectivity index (χ0v) is 31.4. The Bertz CT molecular complexity index is 3360. The van der Waals surface area contributed by atoms with E-state index in [-0.39, 0.29) is 0 Å². The van der Waals surface area contributed by atoms with Crippen LogP contribution in [-0.4, -0.2) is 4.57 Å². The third-order valence-corrected chi connectivity index (χ3v) is 13.9. The van der Waals surface area contributed by atoms with Gasteiger partial charge in [-0.25, -0.2) is 0 Å². The Morgan fingerprint density at radius 3 is 1.40 bits per heavy atom. The minimum Gasteiger partial charge on any atom is -0.457 e. The topological polar surface area (TPSA) is 14.2 Å². The zero-order chi connectivity index (χ0) is 37.7. The Kier molecular flexibility index (Phi) is 5.67. The van der Waals surface area contributed by atoms with E-state index in [1.165, 1.54) is 105 Å². The summed E-state index contributed by atoms with van der Waals surface area (Å²) in [7, 11) is 0. The lowest BCUT2D eigenvalue weighted by Crippen LogP contribution is -2.32. The van der Waals surface area contributed by atoms with Crippen LogP contribution in [0.5, 0.6) is 11.5 Å². The summed E-state index contributed by atoms with van der Waals surface area (Å²) >= 11 is 0. The van der Waals surface area contributed by atoms with E-state index in [0.717, 1.165) is 11.5 Å². The van der Waals surface area contributed by atoms with Crippen LogP contribution < -0.4 is 4.74 Å². The molecule has 1 aromatic heterocycles. The number of hydrogen-bond acceptors (Lipinski definition) is 1. The Morgan fingerprint density at radius 1 is 0.310 bits per heavy atom. The second kappa shape index (κ2) is 10.7. The van der Waals surface area contributed by atoms with Crippen molar-refractivity contribution in [3.05, 3.63) is 245 Å². The van der Waals surface area contributed by atoms with Gasteiger partial charge in [-0.15, -0.1) is 0 Å². The van der Waals surface area contributed by atoms with Crippen molar-refractivity contribution in [3.63, 3.8) is 0 Å². The third-order valence-electron chi connectivity index (χ3n) is 13.9. The molecule has 268 valence electrons. The molecule has 0 atom stereocenters. The van der Waals surface area contributed by atoms with Crippen LogP contribution in [0.3, 0.4) is 0 Å². The Labute approximate surface area is 335 Å². The molecule has 3 aliphatic carbocycles. The standard InChI is InChI=1S/C56H33NO/c1-6-21-40-34(16-1)35-17-2-7-22-41(35)55(40)42-23-8-3-19-38(42)52-46(55)27-15-29-49(52)57-48-28-12-5-18-36(48)37-32-33-47-53(54(37)57)39-20-4-9-24-43(39)56(47)44-25-10-13-30-50(44)58-51-31-14-11-26-45(51)56/h1-33H. The molecule has 10 aromatic rings. The van der Waals surface area contributed by atoms with E-state index >= 15 is 0 Å². The van der Waals surface area contributed by atoms with Crippen LogP contribution in [0.4, 0.5) is 0 Å². The van der Waals surface area contributed by atoms with Crippen LogP contribution >= 0.6 is 0 Å². The third kappa shape index (κ3) is 3.37. The Hall–Kier alpha value is -7.42. The quantitative estimate of drug-likeness (QED) is 0.164. The molecule has 1 aliphatic heterocycles.